The minimum absolute atomic E-state index is 0.139. The molecule has 0 aromatic carbocycles. The van der Waals surface area contributed by atoms with Gasteiger partial charge in [-0.1, -0.05) is 6.58 Å². The van der Waals surface area contributed by atoms with Gasteiger partial charge in [-0.25, -0.2) is 9.50 Å². The number of aromatic nitrogens is 5. The fourth-order valence-electron chi connectivity index (χ4n) is 3.65. The second kappa shape index (κ2) is 8.05. The highest BCUT2D eigenvalue weighted by molar-refractivity contribution is 5.87. The van der Waals surface area contributed by atoms with Gasteiger partial charge in [0.05, 0.1) is 24.3 Å². The first-order chi connectivity index (χ1) is 14.8. The maximum atomic E-state index is 13.6. The predicted octanol–water partition coefficient (Wildman–Crippen LogP) is 3.09. The molecular formula is C20H21F3N6O2. The molecule has 4 heterocycles. The zero-order chi connectivity index (χ0) is 22.2. The van der Waals surface area contributed by atoms with Crippen LogP contribution in [-0.2, 0) is 18.0 Å². The largest absolute Gasteiger partial charge is 0.473 e. The number of amides is 1. The van der Waals surface area contributed by atoms with E-state index in [9.17, 15) is 18.0 Å². The first-order valence-electron chi connectivity index (χ1n) is 9.79. The van der Waals surface area contributed by atoms with Crippen LogP contribution in [0.5, 0.6) is 5.88 Å². The summed E-state index contributed by atoms with van der Waals surface area (Å²) in [5.74, 6) is -0.311. The second-order valence-corrected chi connectivity index (χ2v) is 7.38. The Labute approximate surface area is 175 Å². The molecule has 0 unspecified atom stereocenters. The zero-order valence-electron chi connectivity index (χ0n) is 16.8. The number of ether oxygens (including phenoxy) is 1. The number of halogens is 3. The van der Waals surface area contributed by atoms with E-state index < -0.39 is 11.7 Å². The molecule has 1 fully saturated rings. The summed E-state index contributed by atoms with van der Waals surface area (Å²) in [5, 5.41) is 7.97. The summed E-state index contributed by atoms with van der Waals surface area (Å²) in [6, 6.07) is 0. The maximum Gasteiger partial charge on any atom is 0.420 e. The molecule has 0 N–H and O–H groups in total. The van der Waals surface area contributed by atoms with E-state index in [0.717, 1.165) is 10.7 Å². The molecule has 0 saturated carbocycles. The number of carbonyl (C=O) groups is 1. The van der Waals surface area contributed by atoms with Crippen LogP contribution in [0.3, 0.4) is 0 Å². The SMILES string of the molecule is C=CC(=O)N1CCC[C@@H](Oc2nc(-c3cnn(C)c3)cn3ncc(C(F)(F)F)c23)CC1. The second-order valence-electron chi connectivity index (χ2n) is 7.38. The number of nitrogens with zero attached hydrogens (tertiary/aromatic N) is 6. The van der Waals surface area contributed by atoms with E-state index in [1.54, 1.807) is 29.0 Å². The summed E-state index contributed by atoms with van der Waals surface area (Å²) < 4.78 is 49.5. The average molecular weight is 434 g/mol. The van der Waals surface area contributed by atoms with Crippen molar-refractivity contribution in [1.29, 1.82) is 0 Å². The zero-order valence-corrected chi connectivity index (χ0v) is 16.8. The van der Waals surface area contributed by atoms with Gasteiger partial charge in [-0.2, -0.15) is 23.4 Å². The molecule has 1 saturated heterocycles. The summed E-state index contributed by atoms with van der Waals surface area (Å²) in [5.41, 5.74) is -0.125. The van der Waals surface area contributed by atoms with E-state index in [1.807, 2.05) is 0 Å². The molecule has 0 spiro atoms. The molecule has 11 heteroatoms. The summed E-state index contributed by atoms with van der Waals surface area (Å²) in [4.78, 5) is 17.9. The third-order valence-electron chi connectivity index (χ3n) is 5.21. The first kappa shape index (κ1) is 20.9. The Morgan fingerprint density at radius 3 is 2.71 bits per heavy atom. The molecule has 1 amide bonds. The van der Waals surface area contributed by atoms with Crippen LogP contribution in [0.25, 0.3) is 16.8 Å². The van der Waals surface area contributed by atoms with Gasteiger partial charge < -0.3 is 9.64 Å². The molecular weight excluding hydrogens is 413 g/mol. The molecule has 1 aliphatic rings. The highest BCUT2D eigenvalue weighted by Gasteiger charge is 2.37. The Morgan fingerprint density at radius 2 is 2.03 bits per heavy atom. The Morgan fingerprint density at radius 1 is 1.23 bits per heavy atom. The molecule has 0 bridgehead atoms. The lowest BCUT2D eigenvalue weighted by molar-refractivity contribution is -0.136. The molecule has 1 aliphatic heterocycles. The Hall–Kier alpha value is -3.37. The standard InChI is InChI=1S/C20H21F3N6O2/c1-3-17(30)28-7-4-5-14(6-8-28)31-19-18-15(20(21,22)23)10-25-29(18)12-16(26-19)13-9-24-27(2)11-13/h3,9-12,14H,1,4-8H2,2H3/t14-/m1/s1. The van der Waals surface area contributed by atoms with Gasteiger partial charge in [-0.05, 0) is 18.9 Å². The maximum absolute atomic E-state index is 13.6. The van der Waals surface area contributed by atoms with Crippen molar-refractivity contribution >= 4 is 11.4 Å². The molecule has 1 atom stereocenters. The van der Waals surface area contributed by atoms with Crippen molar-refractivity contribution in [3.63, 3.8) is 0 Å². The number of carbonyl (C=O) groups excluding carboxylic acids is 1. The van der Waals surface area contributed by atoms with Crippen molar-refractivity contribution < 1.29 is 22.7 Å². The molecule has 0 aliphatic carbocycles. The normalized spacial score (nSPS) is 17.5. The van der Waals surface area contributed by atoms with E-state index in [1.165, 1.54) is 12.3 Å². The van der Waals surface area contributed by atoms with Crippen LogP contribution in [-0.4, -0.2) is 54.4 Å². The number of fused-ring (bicyclic) bond motifs is 1. The van der Waals surface area contributed by atoms with Gasteiger partial charge in [0.25, 0.3) is 0 Å². The predicted molar refractivity (Wildman–Crippen MR) is 105 cm³/mol. The first-order valence-corrected chi connectivity index (χ1v) is 9.79. The highest BCUT2D eigenvalue weighted by atomic mass is 19.4. The quantitative estimate of drug-likeness (QED) is 0.590. The molecule has 164 valence electrons. The van der Waals surface area contributed by atoms with Crippen molar-refractivity contribution in [2.75, 3.05) is 13.1 Å². The topological polar surface area (TPSA) is 77.6 Å². The fraction of sp³-hybridized carbons (Fsp3) is 0.400. The van der Waals surface area contributed by atoms with E-state index in [2.05, 4.69) is 21.8 Å². The van der Waals surface area contributed by atoms with Crippen LogP contribution in [0, 0.1) is 0 Å². The Kier molecular flexibility index (Phi) is 5.42. The van der Waals surface area contributed by atoms with Gasteiger partial charge in [0.15, 0.2) is 0 Å². The van der Waals surface area contributed by atoms with Gasteiger partial charge in [-0.3, -0.25) is 9.48 Å². The lowest BCUT2D eigenvalue weighted by Gasteiger charge is -2.20. The summed E-state index contributed by atoms with van der Waals surface area (Å²) in [7, 11) is 1.73. The van der Waals surface area contributed by atoms with Crippen LogP contribution in [0.4, 0.5) is 13.2 Å². The lowest BCUT2D eigenvalue weighted by atomic mass is 10.1. The third-order valence-corrected chi connectivity index (χ3v) is 5.21. The number of hydrogen-bond acceptors (Lipinski definition) is 5. The third kappa shape index (κ3) is 4.25. The number of likely N-dealkylation sites (tertiary alicyclic amines) is 1. The number of alkyl halides is 3. The number of aryl methyl sites for hydroxylation is 1. The number of rotatable bonds is 4. The molecule has 8 nitrogen and oxygen atoms in total. The van der Waals surface area contributed by atoms with Gasteiger partial charge >= 0.3 is 6.18 Å². The van der Waals surface area contributed by atoms with E-state index in [-0.39, 0.29) is 23.4 Å². The summed E-state index contributed by atoms with van der Waals surface area (Å²) in [6.07, 6.45) is 3.45. The Bertz CT molecular complexity index is 1120. The van der Waals surface area contributed by atoms with Gasteiger partial charge in [0, 0.05) is 38.3 Å². The van der Waals surface area contributed by atoms with Crippen molar-refractivity contribution in [3.8, 4) is 17.1 Å². The van der Waals surface area contributed by atoms with Crippen LogP contribution in [0.1, 0.15) is 24.8 Å². The molecule has 31 heavy (non-hydrogen) atoms. The van der Waals surface area contributed by atoms with Crippen LogP contribution in [0.15, 0.2) is 37.4 Å². The van der Waals surface area contributed by atoms with Crippen molar-refractivity contribution in [2.45, 2.75) is 31.5 Å². The highest BCUT2D eigenvalue weighted by Crippen LogP contribution is 2.37. The molecule has 4 rings (SSSR count). The summed E-state index contributed by atoms with van der Waals surface area (Å²) in [6.45, 7) is 4.47. The Balaban J connectivity index is 1.71. The van der Waals surface area contributed by atoms with E-state index in [0.29, 0.717) is 43.6 Å². The molecule has 0 radical (unpaired) electrons. The minimum atomic E-state index is -4.60. The minimum Gasteiger partial charge on any atom is -0.473 e. The average Bonchev–Trinajstić information content (AvgIpc) is 3.28. The number of hydrogen-bond donors (Lipinski definition) is 0. The monoisotopic (exact) mass is 434 g/mol. The van der Waals surface area contributed by atoms with E-state index >= 15 is 0 Å². The van der Waals surface area contributed by atoms with Gasteiger partial charge in [0.1, 0.15) is 17.2 Å². The van der Waals surface area contributed by atoms with Gasteiger partial charge in [0.2, 0.25) is 11.8 Å². The summed E-state index contributed by atoms with van der Waals surface area (Å²) >= 11 is 0. The smallest absolute Gasteiger partial charge is 0.420 e. The van der Waals surface area contributed by atoms with Crippen molar-refractivity contribution in [3.05, 3.63) is 43.0 Å². The van der Waals surface area contributed by atoms with Crippen LogP contribution in [0.2, 0.25) is 0 Å². The van der Waals surface area contributed by atoms with Crippen LogP contribution < -0.4 is 4.74 Å². The van der Waals surface area contributed by atoms with E-state index in [4.69, 9.17) is 4.74 Å². The van der Waals surface area contributed by atoms with Gasteiger partial charge in [-0.15, -0.1) is 0 Å². The molecule has 3 aromatic rings. The van der Waals surface area contributed by atoms with Crippen LogP contribution >= 0.6 is 0 Å². The molecule has 3 aromatic heterocycles. The van der Waals surface area contributed by atoms with Crippen molar-refractivity contribution in [1.82, 2.24) is 29.3 Å². The lowest BCUT2D eigenvalue weighted by Crippen LogP contribution is -2.31. The van der Waals surface area contributed by atoms with Crippen molar-refractivity contribution in [2.24, 2.45) is 7.05 Å². The fourth-order valence-corrected chi connectivity index (χ4v) is 3.65.